The van der Waals surface area contributed by atoms with E-state index in [-0.39, 0.29) is 11.4 Å². The first-order valence-corrected chi connectivity index (χ1v) is 12.0. The van der Waals surface area contributed by atoms with Gasteiger partial charge in [-0.15, -0.1) is 0 Å². The van der Waals surface area contributed by atoms with E-state index in [0.29, 0.717) is 24.3 Å². The summed E-state index contributed by atoms with van der Waals surface area (Å²) < 4.78 is 17.8. The molecule has 0 aliphatic carbocycles. The van der Waals surface area contributed by atoms with E-state index in [0.717, 1.165) is 47.8 Å². The van der Waals surface area contributed by atoms with Gasteiger partial charge in [-0.3, -0.25) is 18.8 Å². The van der Waals surface area contributed by atoms with E-state index in [1.165, 1.54) is 23.7 Å². The molecule has 0 spiro atoms. The summed E-state index contributed by atoms with van der Waals surface area (Å²) in [5.41, 5.74) is 2.17. The Morgan fingerprint density at radius 1 is 0.917 bits per heavy atom. The van der Waals surface area contributed by atoms with Crippen molar-refractivity contribution in [1.29, 1.82) is 0 Å². The topological polar surface area (TPSA) is 68.3 Å². The molecule has 36 heavy (non-hydrogen) atoms. The van der Waals surface area contributed by atoms with Crippen molar-refractivity contribution in [2.24, 2.45) is 14.1 Å². The van der Waals surface area contributed by atoms with Gasteiger partial charge in [0.05, 0.1) is 6.54 Å². The van der Waals surface area contributed by atoms with Crippen molar-refractivity contribution < 1.29 is 4.39 Å². The number of piperazine rings is 1. The van der Waals surface area contributed by atoms with Crippen LogP contribution in [-0.2, 0) is 27.2 Å². The van der Waals surface area contributed by atoms with Gasteiger partial charge in [0.15, 0.2) is 11.2 Å². The fourth-order valence-electron chi connectivity index (χ4n) is 4.68. The van der Waals surface area contributed by atoms with Gasteiger partial charge < -0.3 is 9.47 Å². The van der Waals surface area contributed by atoms with Crippen LogP contribution < -0.4 is 16.1 Å². The highest BCUT2D eigenvalue weighted by molar-refractivity contribution is 5.71. The second kappa shape index (κ2) is 9.94. The van der Waals surface area contributed by atoms with Crippen molar-refractivity contribution in [3.8, 4) is 0 Å². The van der Waals surface area contributed by atoms with Gasteiger partial charge in [0, 0.05) is 52.5 Å². The number of fused-ring (bicyclic) bond motifs is 1. The maximum Gasteiger partial charge on any atom is 0.332 e. The van der Waals surface area contributed by atoms with Gasteiger partial charge in [0.1, 0.15) is 11.6 Å². The van der Waals surface area contributed by atoms with E-state index in [2.05, 4.69) is 9.80 Å². The number of benzene rings is 2. The minimum absolute atomic E-state index is 0.238. The summed E-state index contributed by atoms with van der Waals surface area (Å²) in [7, 11) is 3.14. The number of hydrogen-bond donors (Lipinski definition) is 0. The molecule has 2 aromatic carbocycles. The Morgan fingerprint density at radius 2 is 1.61 bits per heavy atom. The summed E-state index contributed by atoms with van der Waals surface area (Å²) in [6.07, 6.45) is 4.03. The van der Waals surface area contributed by atoms with E-state index < -0.39 is 5.69 Å². The smallest absolute Gasteiger partial charge is 0.332 e. The van der Waals surface area contributed by atoms with E-state index in [9.17, 15) is 14.0 Å². The van der Waals surface area contributed by atoms with Gasteiger partial charge in [-0.25, -0.2) is 14.2 Å². The Bertz CT molecular complexity index is 1510. The molecule has 8 nitrogen and oxygen atoms in total. The first-order valence-electron chi connectivity index (χ1n) is 12.0. The number of nitrogens with zero attached hydrogens (tertiary/aromatic N) is 6. The Kier molecular flexibility index (Phi) is 6.56. The summed E-state index contributed by atoms with van der Waals surface area (Å²) in [5.74, 6) is 0.509. The molecule has 0 amide bonds. The number of allylic oxidation sites excluding steroid dienone is 1. The quantitative estimate of drug-likeness (QED) is 0.418. The van der Waals surface area contributed by atoms with E-state index in [1.54, 1.807) is 19.2 Å². The number of halogens is 1. The molecule has 4 aromatic rings. The number of hydrogen-bond acceptors (Lipinski definition) is 5. The summed E-state index contributed by atoms with van der Waals surface area (Å²) in [6, 6.07) is 16.6. The predicted molar refractivity (Wildman–Crippen MR) is 140 cm³/mol. The molecule has 186 valence electrons. The zero-order chi connectivity index (χ0) is 25.2. The third-order valence-electron chi connectivity index (χ3n) is 6.75. The van der Waals surface area contributed by atoms with Crippen LogP contribution in [0, 0.1) is 5.82 Å². The second-order valence-electron chi connectivity index (χ2n) is 9.07. The average molecular weight is 489 g/mol. The van der Waals surface area contributed by atoms with Crippen molar-refractivity contribution in [3.63, 3.8) is 0 Å². The van der Waals surface area contributed by atoms with Crippen molar-refractivity contribution >= 4 is 22.9 Å². The Balaban J connectivity index is 1.42. The van der Waals surface area contributed by atoms with Crippen LogP contribution in [0.1, 0.15) is 11.4 Å². The Hall–Kier alpha value is -3.98. The Labute approximate surface area is 208 Å². The molecule has 1 aliphatic heterocycles. The van der Waals surface area contributed by atoms with Crippen LogP contribution in [0.3, 0.4) is 0 Å². The van der Waals surface area contributed by atoms with E-state index in [1.807, 2.05) is 47.1 Å². The molecule has 0 unspecified atom stereocenters. The highest BCUT2D eigenvalue weighted by Gasteiger charge is 2.23. The maximum absolute atomic E-state index is 13.3. The highest BCUT2D eigenvalue weighted by atomic mass is 19.1. The zero-order valence-corrected chi connectivity index (χ0v) is 20.5. The summed E-state index contributed by atoms with van der Waals surface area (Å²) in [4.78, 5) is 34.9. The summed E-state index contributed by atoms with van der Waals surface area (Å²) in [5, 5.41) is 0. The van der Waals surface area contributed by atoms with Gasteiger partial charge >= 0.3 is 5.69 Å². The minimum Gasteiger partial charge on any atom is -0.369 e. The number of anilines is 1. The lowest BCUT2D eigenvalue weighted by Gasteiger charge is -2.36. The minimum atomic E-state index is -0.392. The predicted octanol–water partition coefficient (Wildman–Crippen LogP) is 2.61. The molecule has 0 bridgehead atoms. The zero-order valence-electron chi connectivity index (χ0n) is 20.5. The molecule has 0 saturated carbocycles. The number of aromatic nitrogens is 4. The third-order valence-corrected chi connectivity index (χ3v) is 6.75. The molecule has 0 atom stereocenters. The first-order chi connectivity index (χ1) is 17.4. The highest BCUT2D eigenvalue weighted by Crippen LogP contribution is 2.19. The molecule has 5 rings (SSSR count). The fourth-order valence-corrected chi connectivity index (χ4v) is 4.68. The molecule has 0 N–H and O–H groups in total. The number of aryl methyl sites for hydroxylation is 1. The van der Waals surface area contributed by atoms with Gasteiger partial charge in [-0.2, -0.15) is 0 Å². The molecular formula is C27H29FN6O2. The van der Waals surface area contributed by atoms with Crippen LogP contribution in [0.2, 0.25) is 0 Å². The normalized spacial score (nSPS) is 14.8. The van der Waals surface area contributed by atoms with Crippen LogP contribution >= 0.6 is 0 Å². The van der Waals surface area contributed by atoms with E-state index >= 15 is 0 Å². The van der Waals surface area contributed by atoms with Crippen molar-refractivity contribution in [2.45, 2.75) is 13.1 Å². The average Bonchev–Trinajstić information content (AvgIpc) is 3.26. The number of rotatable bonds is 6. The largest absolute Gasteiger partial charge is 0.369 e. The van der Waals surface area contributed by atoms with E-state index in [4.69, 9.17) is 4.98 Å². The molecule has 2 aromatic heterocycles. The van der Waals surface area contributed by atoms with Gasteiger partial charge in [-0.05, 0) is 29.8 Å². The SMILES string of the molecule is Cn1c(=O)c2c(nc(CN3CCN(c4ccc(F)cc4)CC3)n2C/C=C/c2ccccc2)n(C)c1=O. The molecular weight excluding hydrogens is 459 g/mol. The van der Waals surface area contributed by atoms with Crippen LogP contribution in [0.15, 0.2) is 70.3 Å². The van der Waals surface area contributed by atoms with Crippen molar-refractivity contribution in [2.75, 3.05) is 31.1 Å². The standard InChI is InChI=1S/C27H29FN6O2/c1-30-25-24(26(35)31(2)27(30)36)34(14-6-9-20-7-4-3-5-8-20)23(29-25)19-32-15-17-33(18-16-32)22-12-10-21(28)11-13-22/h3-13H,14-19H2,1-2H3/b9-6+. The van der Waals surface area contributed by atoms with Gasteiger partial charge in [0.25, 0.3) is 5.56 Å². The summed E-state index contributed by atoms with van der Waals surface area (Å²) >= 11 is 0. The molecule has 1 fully saturated rings. The lowest BCUT2D eigenvalue weighted by Crippen LogP contribution is -2.46. The van der Waals surface area contributed by atoms with Gasteiger partial charge in [0.2, 0.25) is 0 Å². The van der Waals surface area contributed by atoms with Crippen LogP contribution in [0.25, 0.3) is 17.2 Å². The molecule has 0 radical (unpaired) electrons. The van der Waals surface area contributed by atoms with Crippen LogP contribution in [-0.4, -0.2) is 49.8 Å². The molecule has 3 heterocycles. The second-order valence-corrected chi connectivity index (χ2v) is 9.07. The lowest BCUT2D eigenvalue weighted by atomic mass is 10.2. The van der Waals surface area contributed by atoms with Crippen molar-refractivity contribution in [1.82, 2.24) is 23.6 Å². The summed E-state index contributed by atoms with van der Waals surface area (Å²) in [6.45, 7) is 4.24. The fraction of sp³-hybridized carbons (Fsp3) is 0.296. The van der Waals surface area contributed by atoms with Crippen LogP contribution in [0.5, 0.6) is 0 Å². The van der Waals surface area contributed by atoms with Crippen LogP contribution in [0.4, 0.5) is 10.1 Å². The first kappa shape index (κ1) is 23.7. The van der Waals surface area contributed by atoms with Crippen molar-refractivity contribution in [3.05, 3.63) is 98.7 Å². The Morgan fingerprint density at radius 3 is 2.31 bits per heavy atom. The maximum atomic E-state index is 13.3. The van der Waals surface area contributed by atoms with Gasteiger partial charge in [-0.1, -0.05) is 42.5 Å². The molecule has 1 saturated heterocycles. The third kappa shape index (κ3) is 4.61. The monoisotopic (exact) mass is 488 g/mol. The lowest BCUT2D eigenvalue weighted by molar-refractivity contribution is 0.241. The molecule has 1 aliphatic rings. The number of imidazole rings is 1. The molecule has 9 heteroatoms.